The maximum Gasteiger partial charge on any atom is 0.236 e. The first kappa shape index (κ1) is 8.04. The van der Waals surface area contributed by atoms with E-state index in [1.54, 1.807) is 11.4 Å². The maximum atomic E-state index is 10.5. The molecule has 2 nitrogen and oxygen atoms in total. The molecule has 0 saturated carbocycles. The highest BCUT2D eigenvalue weighted by molar-refractivity contribution is 8.13. The number of rotatable bonds is 2. The Hall–Kier alpha value is -0.0600. The molecule has 0 amide bonds. The van der Waals surface area contributed by atoms with E-state index < -0.39 is 9.05 Å². The van der Waals surface area contributed by atoms with E-state index in [0.29, 0.717) is 0 Å². The maximum absolute atomic E-state index is 10.5. The SMILES string of the molecule is O=S(=O)(Cl)Cc1ccsc1. The lowest BCUT2D eigenvalue weighted by Gasteiger charge is -1.88. The highest BCUT2D eigenvalue weighted by Crippen LogP contribution is 2.12. The monoisotopic (exact) mass is 196 g/mol. The van der Waals surface area contributed by atoms with Crippen LogP contribution in [-0.2, 0) is 14.8 Å². The summed E-state index contributed by atoms with van der Waals surface area (Å²) in [5, 5.41) is 3.58. The summed E-state index contributed by atoms with van der Waals surface area (Å²) < 4.78 is 20.9. The van der Waals surface area contributed by atoms with Gasteiger partial charge in [0.25, 0.3) is 0 Å². The Bertz CT molecular complexity index is 287. The van der Waals surface area contributed by atoms with Gasteiger partial charge < -0.3 is 0 Å². The second kappa shape index (κ2) is 2.90. The van der Waals surface area contributed by atoms with Crippen LogP contribution in [0.15, 0.2) is 16.8 Å². The fraction of sp³-hybridized carbons (Fsp3) is 0.200. The van der Waals surface area contributed by atoms with Crippen molar-refractivity contribution in [3.8, 4) is 0 Å². The van der Waals surface area contributed by atoms with E-state index >= 15 is 0 Å². The van der Waals surface area contributed by atoms with Crippen molar-refractivity contribution in [3.05, 3.63) is 22.4 Å². The molecule has 0 bridgehead atoms. The van der Waals surface area contributed by atoms with Gasteiger partial charge in [-0.2, -0.15) is 11.3 Å². The van der Waals surface area contributed by atoms with Gasteiger partial charge in [-0.1, -0.05) is 0 Å². The van der Waals surface area contributed by atoms with E-state index in [9.17, 15) is 8.42 Å². The summed E-state index contributed by atoms with van der Waals surface area (Å²) >= 11 is 1.46. The molecule has 0 aliphatic heterocycles. The van der Waals surface area contributed by atoms with Crippen molar-refractivity contribution in [2.75, 3.05) is 0 Å². The lowest BCUT2D eigenvalue weighted by atomic mass is 10.4. The summed E-state index contributed by atoms with van der Waals surface area (Å²) in [6.07, 6.45) is 0. The first-order chi connectivity index (χ1) is 4.58. The minimum atomic E-state index is -3.37. The molecule has 0 unspecified atom stereocenters. The minimum Gasteiger partial charge on any atom is -0.212 e. The zero-order chi connectivity index (χ0) is 7.61. The van der Waals surface area contributed by atoms with Gasteiger partial charge in [0.1, 0.15) is 0 Å². The fourth-order valence-electron chi connectivity index (χ4n) is 0.574. The number of hydrogen-bond acceptors (Lipinski definition) is 3. The average Bonchev–Trinajstić information content (AvgIpc) is 2.12. The standard InChI is InChI=1S/C5H5ClO2S2/c6-10(7,8)4-5-1-2-9-3-5/h1-3H,4H2. The molecule has 0 saturated heterocycles. The molecule has 1 aromatic rings. The van der Waals surface area contributed by atoms with Crippen LogP contribution in [0.3, 0.4) is 0 Å². The van der Waals surface area contributed by atoms with Crippen molar-refractivity contribution >= 4 is 31.1 Å². The fourth-order valence-corrected chi connectivity index (χ4v) is 2.30. The average molecular weight is 197 g/mol. The van der Waals surface area contributed by atoms with Crippen LogP contribution in [0.5, 0.6) is 0 Å². The van der Waals surface area contributed by atoms with Crippen LogP contribution in [0.1, 0.15) is 5.56 Å². The van der Waals surface area contributed by atoms with Crippen LogP contribution in [0.4, 0.5) is 0 Å². The molecule has 5 heteroatoms. The molecule has 10 heavy (non-hydrogen) atoms. The Morgan fingerprint density at radius 1 is 1.60 bits per heavy atom. The third-order valence-corrected chi connectivity index (χ3v) is 2.66. The van der Waals surface area contributed by atoms with Crippen molar-refractivity contribution in [1.29, 1.82) is 0 Å². The summed E-state index contributed by atoms with van der Waals surface area (Å²) in [6, 6.07) is 1.74. The van der Waals surface area contributed by atoms with Gasteiger partial charge in [0.2, 0.25) is 9.05 Å². The second-order valence-corrected chi connectivity index (χ2v) is 5.37. The van der Waals surface area contributed by atoms with Crippen molar-refractivity contribution < 1.29 is 8.42 Å². The third kappa shape index (κ3) is 2.68. The van der Waals surface area contributed by atoms with Crippen LogP contribution in [-0.4, -0.2) is 8.42 Å². The molecular formula is C5H5ClO2S2. The van der Waals surface area contributed by atoms with Crippen molar-refractivity contribution in [3.63, 3.8) is 0 Å². The summed E-state index contributed by atoms with van der Waals surface area (Å²) in [5.74, 6) is -0.0714. The molecule has 0 fully saturated rings. The first-order valence-electron chi connectivity index (χ1n) is 2.51. The normalized spacial score (nSPS) is 11.7. The molecule has 0 aliphatic carbocycles. The van der Waals surface area contributed by atoms with Crippen LogP contribution in [0.2, 0.25) is 0 Å². The van der Waals surface area contributed by atoms with E-state index in [0.717, 1.165) is 5.56 Å². The predicted molar refractivity (Wildman–Crippen MR) is 42.8 cm³/mol. The minimum absolute atomic E-state index is 0.0714. The van der Waals surface area contributed by atoms with Crippen LogP contribution >= 0.6 is 22.0 Å². The summed E-state index contributed by atoms with van der Waals surface area (Å²) in [6.45, 7) is 0. The number of halogens is 1. The topological polar surface area (TPSA) is 34.1 Å². The Balaban J connectivity index is 2.75. The Morgan fingerprint density at radius 2 is 2.30 bits per heavy atom. The lowest BCUT2D eigenvalue weighted by molar-refractivity contribution is 0.609. The van der Waals surface area contributed by atoms with Gasteiger partial charge >= 0.3 is 0 Å². The predicted octanol–water partition coefficient (Wildman–Crippen LogP) is 1.82. The number of hydrogen-bond donors (Lipinski definition) is 0. The van der Waals surface area contributed by atoms with Crippen LogP contribution in [0.25, 0.3) is 0 Å². The van der Waals surface area contributed by atoms with Crippen LogP contribution < -0.4 is 0 Å². The van der Waals surface area contributed by atoms with Gasteiger partial charge in [-0.25, -0.2) is 8.42 Å². The molecular weight excluding hydrogens is 192 g/mol. The molecule has 0 spiro atoms. The molecule has 1 aromatic heterocycles. The van der Waals surface area contributed by atoms with E-state index in [2.05, 4.69) is 0 Å². The van der Waals surface area contributed by atoms with E-state index in [4.69, 9.17) is 10.7 Å². The molecule has 0 radical (unpaired) electrons. The molecule has 1 rings (SSSR count). The van der Waals surface area contributed by atoms with Gasteiger partial charge in [0.05, 0.1) is 5.75 Å². The molecule has 56 valence electrons. The van der Waals surface area contributed by atoms with Gasteiger partial charge in [-0.3, -0.25) is 0 Å². The molecule has 0 atom stereocenters. The Labute approximate surface area is 67.9 Å². The van der Waals surface area contributed by atoms with Crippen LogP contribution in [0, 0.1) is 0 Å². The Morgan fingerprint density at radius 3 is 2.70 bits per heavy atom. The molecule has 1 heterocycles. The van der Waals surface area contributed by atoms with Crippen molar-refractivity contribution in [2.45, 2.75) is 5.75 Å². The quantitative estimate of drug-likeness (QED) is 0.677. The molecule has 0 N–H and O–H groups in total. The van der Waals surface area contributed by atoms with Gasteiger partial charge in [-0.15, -0.1) is 0 Å². The number of thiophene rings is 1. The molecule has 0 aliphatic rings. The summed E-state index contributed by atoms with van der Waals surface area (Å²) in [7, 11) is 1.63. The first-order valence-corrected chi connectivity index (χ1v) is 5.93. The van der Waals surface area contributed by atoms with Gasteiger partial charge in [0, 0.05) is 10.7 Å². The summed E-state index contributed by atoms with van der Waals surface area (Å²) in [5.41, 5.74) is 0.750. The zero-order valence-electron chi connectivity index (χ0n) is 4.95. The van der Waals surface area contributed by atoms with Gasteiger partial charge in [-0.05, 0) is 22.4 Å². The van der Waals surface area contributed by atoms with Crippen molar-refractivity contribution in [2.24, 2.45) is 0 Å². The highest BCUT2D eigenvalue weighted by Gasteiger charge is 2.05. The second-order valence-electron chi connectivity index (χ2n) is 1.81. The van der Waals surface area contributed by atoms with Gasteiger partial charge in [0.15, 0.2) is 0 Å². The van der Waals surface area contributed by atoms with E-state index in [1.165, 1.54) is 11.3 Å². The third-order valence-electron chi connectivity index (χ3n) is 0.919. The highest BCUT2D eigenvalue weighted by atomic mass is 35.7. The smallest absolute Gasteiger partial charge is 0.212 e. The summed E-state index contributed by atoms with van der Waals surface area (Å²) in [4.78, 5) is 0. The largest absolute Gasteiger partial charge is 0.236 e. The Kier molecular flexibility index (Phi) is 2.33. The lowest BCUT2D eigenvalue weighted by Crippen LogP contribution is -1.91. The van der Waals surface area contributed by atoms with E-state index in [-0.39, 0.29) is 5.75 Å². The van der Waals surface area contributed by atoms with Crippen molar-refractivity contribution in [1.82, 2.24) is 0 Å². The molecule has 0 aromatic carbocycles. The zero-order valence-corrected chi connectivity index (χ0v) is 7.34. The van der Waals surface area contributed by atoms with E-state index in [1.807, 2.05) is 5.38 Å².